The Morgan fingerprint density at radius 1 is 1.39 bits per heavy atom. The van der Waals surface area contributed by atoms with Gasteiger partial charge in [-0.05, 0) is 30.3 Å². The number of fused-ring (bicyclic) bond motifs is 1. The molecule has 2 heterocycles. The fraction of sp³-hybridized carbons (Fsp3) is 0.294. The molecule has 0 saturated heterocycles. The lowest BCUT2D eigenvalue weighted by Crippen LogP contribution is -2.31. The first-order valence-electron chi connectivity index (χ1n) is 7.52. The van der Waals surface area contributed by atoms with Crippen molar-refractivity contribution in [2.45, 2.75) is 19.4 Å². The zero-order valence-corrected chi connectivity index (χ0v) is 13.1. The average Bonchev–Trinajstić information content (AvgIpc) is 3.22. The maximum atomic E-state index is 12.5. The third-order valence-corrected chi connectivity index (χ3v) is 3.70. The van der Waals surface area contributed by atoms with Crippen LogP contribution in [0.15, 0.2) is 41.1 Å². The van der Waals surface area contributed by atoms with Crippen LogP contribution < -0.4 is 5.32 Å². The second kappa shape index (κ2) is 6.66. The molecule has 3 rings (SSSR count). The molecule has 2 N–H and O–H groups in total. The van der Waals surface area contributed by atoms with Crippen LogP contribution in [0.1, 0.15) is 34.8 Å². The highest BCUT2D eigenvalue weighted by atomic mass is 16.5. The van der Waals surface area contributed by atoms with Crippen LogP contribution in [0, 0.1) is 0 Å². The molecule has 1 atom stereocenters. The number of aromatic amines is 1. The van der Waals surface area contributed by atoms with Gasteiger partial charge in [0.25, 0.3) is 5.91 Å². The summed E-state index contributed by atoms with van der Waals surface area (Å²) in [5.41, 5.74) is 2.21. The van der Waals surface area contributed by atoms with Crippen LogP contribution in [0.4, 0.5) is 0 Å². The van der Waals surface area contributed by atoms with Crippen LogP contribution in [0.5, 0.6) is 0 Å². The number of aromatic nitrogens is 2. The number of nitrogens with one attached hydrogen (secondary N) is 2. The lowest BCUT2D eigenvalue weighted by Gasteiger charge is -2.16. The second-order valence-electron chi connectivity index (χ2n) is 5.27. The maximum Gasteiger partial charge on any atom is 0.252 e. The van der Waals surface area contributed by atoms with Gasteiger partial charge in [0.15, 0.2) is 0 Å². The van der Waals surface area contributed by atoms with Crippen molar-refractivity contribution in [1.82, 2.24) is 15.3 Å². The summed E-state index contributed by atoms with van der Waals surface area (Å²) >= 11 is 0. The predicted molar refractivity (Wildman–Crippen MR) is 86.3 cm³/mol. The van der Waals surface area contributed by atoms with E-state index in [4.69, 9.17) is 9.15 Å². The van der Waals surface area contributed by atoms with E-state index in [1.165, 1.54) is 0 Å². The van der Waals surface area contributed by atoms with Gasteiger partial charge in [0.05, 0.1) is 24.0 Å². The van der Waals surface area contributed by atoms with E-state index in [1.807, 2.05) is 25.1 Å². The van der Waals surface area contributed by atoms with Crippen LogP contribution in [0.25, 0.3) is 11.0 Å². The topological polar surface area (TPSA) is 80.1 Å². The zero-order chi connectivity index (χ0) is 16.2. The predicted octanol–water partition coefficient (Wildman–Crippen LogP) is 2.84. The van der Waals surface area contributed by atoms with Crippen LogP contribution in [0.2, 0.25) is 0 Å². The average molecular weight is 313 g/mol. The number of H-pyrrole nitrogens is 1. The molecule has 1 aromatic carbocycles. The lowest BCUT2D eigenvalue weighted by atomic mass is 10.1. The Morgan fingerprint density at radius 2 is 2.26 bits per heavy atom. The first-order valence-corrected chi connectivity index (χ1v) is 7.52. The van der Waals surface area contributed by atoms with Gasteiger partial charge in [0.1, 0.15) is 17.6 Å². The lowest BCUT2D eigenvalue weighted by molar-refractivity contribution is 0.0882. The SMILES string of the molecule is CCc1ccc(C(COC)NC(=O)c2ccc3nc[nH]c3c2)o1. The van der Waals surface area contributed by atoms with Crippen molar-refractivity contribution in [3.63, 3.8) is 0 Å². The third-order valence-electron chi connectivity index (χ3n) is 3.70. The molecule has 0 aliphatic carbocycles. The van der Waals surface area contributed by atoms with Gasteiger partial charge in [-0.1, -0.05) is 6.92 Å². The fourth-order valence-corrected chi connectivity index (χ4v) is 2.45. The summed E-state index contributed by atoms with van der Waals surface area (Å²) in [6.45, 7) is 2.36. The van der Waals surface area contributed by atoms with Crippen molar-refractivity contribution >= 4 is 16.9 Å². The molecular weight excluding hydrogens is 294 g/mol. The molecule has 0 aliphatic heterocycles. The van der Waals surface area contributed by atoms with Gasteiger partial charge in [-0.3, -0.25) is 4.79 Å². The molecule has 1 unspecified atom stereocenters. The molecule has 6 heteroatoms. The highest BCUT2D eigenvalue weighted by Gasteiger charge is 2.19. The third kappa shape index (κ3) is 3.27. The molecule has 3 aromatic rings. The zero-order valence-electron chi connectivity index (χ0n) is 13.1. The molecule has 120 valence electrons. The standard InChI is InChI=1S/C17H19N3O3/c1-3-12-5-7-16(23-12)15(9-22-2)20-17(21)11-4-6-13-14(8-11)19-10-18-13/h4-8,10,15H,3,9H2,1-2H3,(H,18,19)(H,20,21). The van der Waals surface area contributed by atoms with Crippen LogP contribution in [-0.2, 0) is 11.2 Å². The number of carbonyl (C=O) groups excluding carboxylic acids is 1. The minimum Gasteiger partial charge on any atom is -0.464 e. The van der Waals surface area contributed by atoms with E-state index in [-0.39, 0.29) is 11.9 Å². The Hall–Kier alpha value is -2.60. The molecule has 0 radical (unpaired) electrons. The molecule has 0 bridgehead atoms. The number of aryl methyl sites for hydroxylation is 1. The number of benzene rings is 1. The van der Waals surface area contributed by atoms with Crippen molar-refractivity contribution in [1.29, 1.82) is 0 Å². The van der Waals surface area contributed by atoms with Crippen molar-refractivity contribution in [2.24, 2.45) is 0 Å². The number of rotatable bonds is 6. The van der Waals surface area contributed by atoms with E-state index < -0.39 is 0 Å². The van der Waals surface area contributed by atoms with Crippen LogP contribution in [-0.4, -0.2) is 29.6 Å². The van der Waals surface area contributed by atoms with Gasteiger partial charge >= 0.3 is 0 Å². The van der Waals surface area contributed by atoms with Crippen molar-refractivity contribution in [3.05, 3.63) is 53.7 Å². The summed E-state index contributed by atoms with van der Waals surface area (Å²) < 4.78 is 10.9. The summed E-state index contributed by atoms with van der Waals surface area (Å²) in [7, 11) is 1.60. The van der Waals surface area contributed by atoms with Crippen molar-refractivity contribution < 1.29 is 13.9 Å². The van der Waals surface area contributed by atoms with E-state index >= 15 is 0 Å². The molecule has 2 aromatic heterocycles. The summed E-state index contributed by atoms with van der Waals surface area (Å²) in [4.78, 5) is 19.7. The van der Waals surface area contributed by atoms with Gasteiger partial charge in [-0.2, -0.15) is 0 Å². The van der Waals surface area contributed by atoms with Crippen molar-refractivity contribution in [3.8, 4) is 0 Å². The van der Waals surface area contributed by atoms with E-state index in [1.54, 1.807) is 25.6 Å². The quantitative estimate of drug-likeness (QED) is 0.733. The highest BCUT2D eigenvalue weighted by molar-refractivity contribution is 5.97. The number of hydrogen-bond donors (Lipinski definition) is 2. The minimum atomic E-state index is -0.328. The highest BCUT2D eigenvalue weighted by Crippen LogP contribution is 2.19. The van der Waals surface area contributed by atoms with Crippen molar-refractivity contribution in [2.75, 3.05) is 13.7 Å². The van der Waals surface area contributed by atoms with Crippen LogP contribution >= 0.6 is 0 Å². The minimum absolute atomic E-state index is 0.182. The number of hydrogen-bond acceptors (Lipinski definition) is 4. The summed E-state index contributed by atoms with van der Waals surface area (Å²) in [5.74, 6) is 1.40. The monoisotopic (exact) mass is 313 g/mol. The Kier molecular flexibility index (Phi) is 4.43. The number of methoxy groups -OCH3 is 1. The first kappa shape index (κ1) is 15.3. The molecule has 6 nitrogen and oxygen atoms in total. The number of nitrogens with zero attached hydrogens (tertiary/aromatic N) is 1. The number of imidazole rings is 1. The number of carbonyl (C=O) groups is 1. The normalized spacial score (nSPS) is 12.4. The van der Waals surface area contributed by atoms with Gasteiger partial charge in [-0.25, -0.2) is 4.98 Å². The first-order chi connectivity index (χ1) is 11.2. The van der Waals surface area contributed by atoms with Gasteiger partial charge in [-0.15, -0.1) is 0 Å². The van der Waals surface area contributed by atoms with Gasteiger partial charge in [0, 0.05) is 19.1 Å². The summed E-state index contributed by atoms with van der Waals surface area (Å²) in [6.07, 6.45) is 2.42. The molecular formula is C17H19N3O3. The molecule has 1 amide bonds. The number of furan rings is 1. The maximum absolute atomic E-state index is 12.5. The van der Waals surface area contributed by atoms with E-state index in [0.29, 0.717) is 17.9 Å². The van der Waals surface area contributed by atoms with E-state index in [0.717, 1.165) is 23.2 Å². The molecule has 0 aliphatic rings. The van der Waals surface area contributed by atoms with E-state index in [2.05, 4.69) is 15.3 Å². The fourth-order valence-electron chi connectivity index (χ4n) is 2.45. The molecule has 0 spiro atoms. The Labute approximate surface area is 133 Å². The molecule has 23 heavy (non-hydrogen) atoms. The Bertz CT molecular complexity index is 806. The second-order valence-corrected chi connectivity index (χ2v) is 5.27. The van der Waals surface area contributed by atoms with E-state index in [9.17, 15) is 4.79 Å². The molecule has 0 fully saturated rings. The van der Waals surface area contributed by atoms with Gasteiger partial charge in [0.2, 0.25) is 0 Å². The van der Waals surface area contributed by atoms with Gasteiger partial charge < -0.3 is 19.5 Å². The Balaban J connectivity index is 1.79. The number of amides is 1. The summed E-state index contributed by atoms with van der Waals surface area (Å²) in [5, 5.41) is 2.95. The summed E-state index contributed by atoms with van der Waals surface area (Å²) in [6, 6.07) is 8.81. The largest absolute Gasteiger partial charge is 0.464 e. The number of ether oxygens (including phenoxy) is 1. The molecule has 0 saturated carbocycles. The van der Waals surface area contributed by atoms with Crippen LogP contribution in [0.3, 0.4) is 0 Å². The smallest absolute Gasteiger partial charge is 0.252 e. The Morgan fingerprint density at radius 3 is 3.00 bits per heavy atom.